The number of rotatable bonds is 2. The van der Waals surface area contributed by atoms with Gasteiger partial charge >= 0.3 is 0 Å². The van der Waals surface area contributed by atoms with Crippen LogP contribution >= 0.6 is 0 Å². The lowest BCUT2D eigenvalue weighted by atomic mass is 10.2. The highest BCUT2D eigenvalue weighted by Gasteiger charge is 2.12. The molecule has 1 aromatic carbocycles. The number of aromatic amines is 1. The van der Waals surface area contributed by atoms with Crippen molar-refractivity contribution >= 4 is 26.9 Å². The summed E-state index contributed by atoms with van der Waals surface area (Å²) >= 11 is 0. The monoisotopic (exact) mass is 240 g/mol. The maximum atomic E-state index is 10.9. The molecular weight excluding hydrogens is 232 g/mol. The molecule has 16 heavy (non-hydrogen) atoms. The minimum Gasteiger partial charge on any atom is -0.364 e. The second-order valence-corrected chi connectivity index (χ2v) is 4.69. The third-order valence-electron chi connectivity index (χ3n) is 2.16. The Balaban J connectivity index is 2.67. The molecule has 4 N–H and O–H groups in total. The first-order valence-electron chi connectivity index (χ1n) is 4.28. The second-order valence-electron chi connectivity index (χ2n) is 3.27. The zero-order chi connectivity index (χ0) is 11.9. The summed E-state index contributed by atoms with van der Waals surface area (Å²) in [6, 6.07) is 5.36. The fourth-order valence-corrected chi connectivity index (χ4v) is 1.92. The number of H-pyrrole nitrogens is 1. The van der Waals surface area contributed by atoms with Gasteiger partial charge in [0.25, 0.3) is 16.0 Å². The van der Waals surface area contributed by atoms with Crippen molar-refractivity contribution in [2.75, 3.05) is 0 Å². The molecule has 0 saturated heterocycles. The van der Waals surface area contributed by atoms with Crippen molar-refractivity contribution in [3.8, 4) is 0 Å². The van der Waals surface area contributed by atoms with E-state index in [4.69, 9.17) is 10.3 Å². The van der Waals surface area contributed by atoms with Gasteiger partial charge in [0, 0.05) is 10.9 Å². The average molecular weight is 240 g/mol. The summed E-state index contributed by atoms with van der Waals surface area (Å²) in [5.74, 6) is -0.635. The molecule has 2 aromatic rings. The number of hydrogen-bond acceptors (Lipinski definition) is 3. The van der Waals surface area contributed by atoms with E-state index >= 15 is 0 Å². The fourth-order valence-electron chi connectivity index (χ4n) is 1.40. The van der Waals surface area contributed by atoms with Crippen LogP contribution in [0.1, 0.15) is 10.5 Å². The lowest BCUT2D eigenvalue weighted by molar-refractivity contribution is 0.0996. The van der Waals surface area contributed by atoms with Crippen LogP contribution in [0, 0.1) is 0 Å². The number of nitrogens with one attached hydrogen (secondary N) is 1. The van der Waals surface area contributed by atoms with Crippen molar-refractivity contribution in [1.82, 2.24) is 4.98 Å². The van der Waals surface area contributed by atoms with Gasteiger partial charge in [-0.2, -0.15) is 8.42 Å². The summed E-state index contributed by atoms with van der Waals surface area (Å²) in [6.07, 6.45) is 0. The average Bonchev–Trinajstić information content (AvgIpc) is 2.58. The smallest absolute Gasteiger partial charge is 0.294 e. The van der Waals surface area contributed by atoms with E-state index in [9.17, 15) is 13.2 Å². The van der Waals surface area contributed by atoms with E-state index < -0.39 is 16.0 Å². The number of fused-ring (bicyclic) bond motifs is 1. The molecule has 1 amide bonds. The molecule has 0 aliphatic carbocycles. The number of carbonyl (C=O) groups is 1. The van der Waals surface area contributed by atoms with Crippen molar-refractivity contribution in [1.29, 1.82) is 0 Å². The van der Waals surface area contributed by atoms with Crippen LogP contribution in [0.2, 0.25) is 0 Å². The SMILES string of the molecule is NC(=O)c1cc2cc(S(=O)(=O)O)ccc2[nH]1. The molecule has 84 valence electrons. The number of carbonyl (C=O) groups excluding carboxylic acids is 1. The highest BCUT2D eigenvalue weighted by atomic mass is 32.2. The Morgan fingerprint density at radius 2 is 2.00 bits per heavy atom. The molecular formula is C9H8N2O4S. The van der Waals surface area contributed by atoms with Crippen LogP contribution in [0.3, 0.4) is 0 Å². The molecule has 0 spiro atoms. The van der Waals surface area contributed by atoms with Crippen LogP contribution < -0.4 is 5.73 Å². The molecule has 2 rings (SSSR count). The summed E-state index contributed by atoms with van der Waals surface area (Å²) in [4.78, 5) is 13.4. The van der Waals surface area contributed by atoms with Gasteiger partial charge in [-0.1, -0.05) is 0 Å². The minimum atomic E-state index is -4.24. The minimum absolute atomic E-state index is 0.183. The van der Waals surface area contributed by atoms with Gasteiger partial charge in [-0.25, -0.2) is 0 Å². The number of benzene rings is 1. The van der Waals surface area contributed by atoms with Gasteiger partial charge in [-0.3, -0.25) is 9.35 Å². The molecule has 1 aromatic heterocycles. The predicted octanol–water partition coefficient (Wildman–Crippen LogP) is 0.513. The van der Waals surface area contributed by atoms with Crippen molar-refractivity contribution < 1.29 is 17.8 Å². The molecule has 0 unspecified atom stereocenters. The molecule has 6 nitrogen and oxygen atoms in total. The summed E-state index contributed by atoms with van der Waals surface area (Å²) < 4.78 is 30.6. The Bertz CT molecular complexity index is 672. The van der Waals surface area contributed by atoms with E-state index in [2.05, 4.69) is 4.98 Å². The van der Waals surface area contributed by atoms with Crippen molar-refractivity contribution in [3.05, 3.63) is 30.0 Å². The second kappa shape index (κ2) is 3.32. The van der Waals surface area contributed by atoms with E-state index in [1.165, 1.54) is 24.3 Å². The van der Waals surface area contributed by atoms with Gasteiger partial charge in [0.15, 0.2) is 0 Å². The van der Waals surface area contributed by atoms with E-state index in [1.54, 1.807) is 0 Å². The van der Waals surface area contributed by atoms with Crippen molar-refractivity contribution in [2.45, 2.75) is 4.90 Å². The van der Waals surface area contributed by atoms with Gasteiger partial charge in [0.05, 0.1) is 4.90 Å². The van der Waals surface area contributed by atoms with Crippen LogP contribution in [0.15, 0.2) is 29.2 Å². The van der Waals surface area contributed by atoms with Gasteiger partial charge in [-0.05, 0) is 24.3 Å². The summed E-state index contributed by atoms with van der Waals surface area (Å²) in [6.45, 7) is 0. The molecule has 0 atom stereocenters. The number of nitrogens with two attached hydrogens (primary N) is 1. The number of primary amides is 1. The Morgan fingerprint density at radius 3 is 2.56 bits per heavy atom. The van der Waals surface area contributed by atoms with Crippen LogP contribution in [-0.2, 0) is 10.1 Å². The fraction of sp³-hybridized carbons (Fsp3) is 0. The van der Waals surface area contributed by atoms with Crippen molar-refractivity contribution in [2.24, 2.45) is 5.73 Å². The van der Waals surface area contributed by atoms with E-state index in [0.29, 0.717) is 10.9 Å². The first-order chi connectivity index (χ1) is 7.38. The molecule has 0 fully saturated rings. The summed E-state index contributed by atoms with van der Waals surface area (Å²) in [5, 5.41) is 0.490. The largest absolute Gasteiger partial charge is 0.364 e. The lowest BCUT2D eigenvalue weighted by Gasteiger charge is -1.95. The van der Waals surface area contributed by atoms with Gasteiger partial charge in [-0.15, -0.1) is 0 Å². The van der Waals surface area contributed by atoms with Crippen LogP contribution in [0.25, 0.3) is 10.9 Å². The van der Waals surface area contributed by atoms with E-state index in [1.807, 2.05) is 0 Å². The van der Waals surface area contributed by atoms with Gasteiger partial charge in [0.1, 0.15) is 5.69 Å². The zero-order valence-corrected chi connectivity index (χ0v) is 8.78. The van der Waals surface area contributed by atoms with Crippen molar-refractivity contribution in [3.63, 3.8) is 0 Å². The first kappa shape index (κ1) is 10.7. The van der Waals surface area contributed by atoms with E-state index in [0.717, 1.165) is 0 Å². The quantitative estimate of drug-likeness (QED) is 0.663. The van der Waals surface area contributed by atoms with Crippen LogP contribution in [0.4, 0.5) is 0 Å². The molecule has 0 saturated carbocycles. The highest BCUT2D eigenvalue weighted by molar-refractivity contribution is 7.85. The normalized spacial score (nSPS) is 11.8. The zero-order valence-electron chi connectivity index (χ0n) is 7.97. The Labute approximate surface area is 90.8 Å². The highest BCUT2D eigenvalue weighted by Crippen LogP contribution is 2.19. The number of aromatic nitrogens is 1. The summed E-state index contributed by atoms with van der Waals surface area (Å²) in [5.41, 5.74) is 5.82. The maximum absolute atomic E-state index is 10.9. The topological polar surface area (TPSA) is 113 Å². The Kier molecular flexibility index (Phi) is 2.21. The maximum Gasteiger partial charge on any atom is 0.294 e. The van der Waals surface area contributed by atoms with Gasteiger partial charge < -0.3 is 10.7 Å². The molecule has 0 aliphatic rings. The Morgan fingerprint density at radius 1 is 1.31 bits per heavy atom. The predicted molar refractivity (Wildman–Crippen MR) is 56.6 cm³/mol. The first-order valence-corrected chi connectivity index (χ1v) is 5.72. The standard InChI is InChI=1S/C9H8N2O4S/c10-9(12)8-4-5-3-6(16(13,14)15)1-2-7(5)11-8/h1-4,11H,(H2,10,12)(H,13,14,15). The van der Waals surface area contributed by atoms with Gasteiger partial charge in [0.2, 0.25) is 0 Å². The summed E-state index contributed by atoms with van der Waals surface area (Å²) in [7, 11) is -4.24. The van der Waals surface area contributed by atoms with Crippen LogP contribution in [0.5, 0.6) is 0 Å². The molecule has 0 aliphatic heterocycles. The molecule has 1 heterocycles. The molecule has 7 heteroatoms. The number of hydrogen-bond donors (Lipinski definition) is 3. The van der Waals surface area contributed by atoms with E-state index in [-0.39, 0.29) is 10.6 Å². The molecule has 0 radical (unpaired) electrons. The van der Waals surface area contributed by atoms with Crippen LogP contribution in [-0.4, -0.2) is 23.9 Å². The molecule has 0 bridgehead atoms. The Hall–Kier alpha value is -1.86. The number of amides is 1. The third kappa shape index (κ3) is 1.77. The lowest BCUT2D eigenvalue weighted by Crippen LogP contribution is -2.10. The third-order valence-corrected chi connectivity index (χ3v) is 3.01.